The van der Waals surface area contributed by atoms with E-state index in [4.69, 9.17) is 16.5 Å². The van der Waals surface area contributed by atoms with Crippen LogP contribution in [0.15, 0.2) is 218 Å². The predicted octanol–water partition coefficient (Wildman–Crippen LogP) is 15.4. The topological polar surface area (TPSA) is 63.8 Å². The maximum atomic E-state index is 10.3. The Morgan fingerprint density at radius 1 is 0.439 bits per heavy atom. The van der Waals surface area contributed by atoms with Gasteiger partial charge in [0.25, 0.3) is 0 Å². The zero-order chi connectivity index (χ0) is 44.1. The molecule has 0 aliphatic heterocycles. The van der Waals surface area contributed by atoms with Crippen LogP contribution in [-0.4, -0.2) is 19.1 Å². The normalized spacial score (nSPS) is 11.3. The van der Waals surface area contributed by atoms with Crippen molar-refractivity contribution in [1.82, 2.24) is 19.1 Å². The molecule has 6 nitrogen and oxygen atoms in total. The van der Waals surface area contributed by atoms with Crippen LogP contribution in [-0.2, 0) is 0 Å². The summed E-state index contributed by atoms with van der Waals surface area (Å²) in [6.45, 7) is 8.10. The lowest BCUT2D eigenvalue weighted by molar-refractivity contribution is 1.17. The van der Waals surface area contributed by atoms with E-state index in [1.807, 2.05) is 84.9 Å². The molecular formula is C60H36N6. The summed E-state index contributed by atoms with van der Waals surface area (Å²) in [4.78, 5) is 14.3. The SMILES string of the molecule is [C-]#[N+]c1cccc(-c2cc(-c3cc(-c4ccccc4)nc(-c4ccccc4)n3)cc(-c3cccc(C#N)c3)c2-n2c3ccccc3c3c2ccc2c4ccccc4n(-c4ccccc4)c23)c1. The fraction of sp³-hybridized carbons (Fsp3) is 0. The van der Waals surface area contributed by atoms with Crippen LogP contribution in [0.2, 0.25) is 0 Å². The lowest BCUT2D eigenvalue weighted by Gasteiger charge is -2.21. The first-order chi connectivity index (χ1) is 32.6. The number of hydrogen-bond acceptors (Lipinski definition) is 3. The molecule has 0 unspecified atom stereocenters. The van der Waals surface area contributed by atoms with Gasteiger partial charge in [-0.1, -0.05) is 152 Å². The van der Waals surface area contributed by atoms with Gasteiger partial charge < -0.3 is 9.13 Å². The van der Waals surface area contributed by atoms with Gasteiger partial charge in [0.15, 0.2) is 11.5 Å². The molecule has 0 spiro atoms. The minimum atomic E-state index is 0.535. The van der Waals surface area contributed by atoms with Crippen LogP contribution in [0.3, 0.4) is 0 Å². The summed E-state index contributed by atoms with van der Waals surface area (Å²) in [7, 11) is 0. The van der Waals surface area contributed by atoms with Crippen molar-refractivity contribution in [2.45, 2.75) is 0 Å². The highest BCUT2D eigenvalue weighted by Gasteiger charge is 2.26. The monoisotopic (exact) mass is 840 g/mol. The minimum absolute atomic E-state index is 0.535. The van der Waals surface area contributed by atoms with Crippen LogP contribution < -0.4 is 0 Å². The number of rotatable bonds is 7. The highest BCUT2D eigenvalue weighted by Crippen LogP contribution is 2.47. The molecule has 306 valence electrons. The molecule has 6 heteroatoms. The van der Waals surface area contributed by atoms with Crippen molar-refractivity contribution < 1.29 is 0 Å². The Hall–Kier alpha value is -9.36. The molecule has 12 aromatic rings. The molecule has 0 aliphatic rings. The molecule has 66 heavy (non-hydrogen) atoms. The molecular weight excluding hydrogens is 805 g/mol. The zero-order valence-corrected chi connectivity index (χ0v) is 35.5. The lowest BCUT2D eigenvalue weighted by atomic mass is 9.91. The maximum Gasteiger partial charge on any atom is 0.187 e. The summed E-state index contributed by atoms with van der Waals surface area (Å²) in [5, 5.41) is 14.9. The van der Waals surface area contributed by atoms with Gasteiger partial charge in [0.2, 0.25) is 0 Å². The fourth-order valence-electron chi connectivity index (χ4n) is 9.63. The Balaban J connectivity index is 1.25. The van der Waals surface area contributed by atoms with Gasteiger partial charge in [0.05, 0.1) is 57.3 Å². The van der Waals surface area contributed by atoms with Gasteiger partial charge in [-0.05, 0) is 77.9 Å². The number of aromatic nitrogens is 4. The first-order valence-electron chi connectivity index (χ1n) is 21.8. The Labute approximate surface area is 381 Å². The summed E-state index contributed by atoms with van der Waals surface area (Å²) >= 11 is 0. The molecule has 3 aromatic heterocycles. The second-order valence-corrected chi connectivity index (χ2v) is 16.4. The summed E-state index contributed by atoms with van der Waals surface area (Å²) < 4.78 is 4.79. The number of benzene rings is 9. The molecule has 0 radical (unpaired) electrons. The second kappa shape index (κ2) is 15.8. The molecule has 12 rings (SSSR count). The van der Waals surface area contributed by atoms with Crippen molar-refractivity contribution in [2.75, 3.05) is 0 Å². The fourth-order valence-corrected chi connectivity index (χ4v) is 9.63. The quantitative estimate of drug-likeness (QED) is 0.150. The average molecular weight is 841 g/mol. The summed E-state index contributed by atoms with van der Waals surface area (Å²) in [6.07, 6.45) is 0. The van der Waals surface area contributed by atoms with Crippen molar-refractivity contribution in [3.8, 4) is 73.6 Å². The Bertz CT molecular complexity index is 3810. The van der Waals surface area contributed by atoms with E-state index >= 15 is 0 Å². The van der Waals surface area contributed by atoms with Gasteiger partial charge in [0.1, 0.15) is 0 Å². The van der Waals surface area contributed by atoms with Crippen molar-refractivity contribution >= 4 is 49.3 Å². The molecule has 0 amide bonds. The standard InChI is InChI=1S/C60H36N6/c1-62-45-24-16-23-43(34-45)51-36-44(53-37-52(40-18-5-2-6-19-40)63-60(64-53)41-20-7-3-8-21-41)35-50(42-22-15-17-39(33-42)38-61)58(51)66-55-30-14-12-28-49(55)57-56(66)32-31-48-47-27-11-13-29-54(47)65(59(48)57)46-25-9-4-10-26-46/h2-37H. The highest BCUT2D eigenvalue weighted by atomic mass is 15.0. The lowest BCUT2D eigenvalue weighted by Crippen LogP contribution is -2.03. The third kappa shape index (κ3) is 6.33. The van der Waals surface area contributed by atoms with Crippen LogP contribution in [0.1, 0.15) is 5.56 Å². The number of hydrogen-bond donors (Lipinski definition) is 0. The third-order valence-electron chi connectivity index (χ3n) is 12.5. The van der Waals surface area contributed by atoms with Crippen molar-refractivity contribution in [1.29, 1.82) is 5.26 Å². The van der Waals surface area contributed by atoms with Crippen molar-refractivity contribution in [3.05, 3.63) is 235 Å². The van der Waals surface area contributed by atoms with E-state index in [1.54, 1.807) is 0 Å². The zero-order valence-electron chi connectivity index (χ0n) is 35.5. The molecule has 0 saturated carbocycles. The molecule has 9 aromatic carbocycles. The number of para-hydroxylation sites is 3. The minimum Gasteiger partial charge on any atom is -0.309 e. The van der Waals surface area contributed by atoms with Crippen LogP contribution in [0, 0.1) is 17.9 Å². The summed E-state index contributed by atoms with van der Waals surface area (Å²) in [5.74, 6) is 0.612. The average Bonchev–Trinajstić information content (AvgIpc) is 3.92. The third-order valence-corrected chi connectivity index (χ3v) is 12.5. The molecule has 0 N–H and O–H groups in total. The van der Waals surface area contributed by atoms with E-state index in [-0.39, 0.29) is 0 Å². The van der Waals surface area contributed by atoms with E-state index in [1.165, 1.54) is 10.8 Å². The van der Waals surface area contributed by atoms with Crippen LogP contribution in [0.4, 0.5) is 5.69 Å². The number of nitrogens with zero attached hydrogens (tertiary/aromatic N) is 6. The predicted molar refractivity (Wildman–Crippen MR) is 269 cm³/mol. The van der Waals surface area contributed by atoms with Gasteiger partial charge >= 0.3 is 0 Å². The number of fused-ring (bicyclic) bond motifs is 7. The smallest absolute Gasteiger partial charge is 0.187 e. The molecule has 0 atom stereocenters. The highest BCUT2D eigenvalue weighted by molar-refractivity contribution is 6.26. The van der Waals surface area contributed by atoms with Gasteiger partial charge in [-0.2, -0.15) is 5.26 Å². The Kier molecular flexibility index (Phi) is 9.16. The largest absolute Gasteiger partial charge is 0.309 e. The summed E-state index contributed by atoms with van der Waals surface area (Å²) in [6, 6.07) is 77.2. The van der Waals surface area contributed by atoms with Crippen LogP contribution in [0.5, 0.6) is 0 Å². The number of nitriles is 1. The molecule has 0 saturated heterocycles. The first kappa shape index (κ1) is 38.3. The van der Waals surface area contributed by atoms with Crippen molar-refractivity contribution in [2.24, 2.45) is 0 Å². The van der Waals surface area contributed by atoms with E-state index in [0.29, 0.717) is 17.1 Å². The van der Waals surface area contributed by atoms with E-state index in [0.717, 1.165) is 94.5 Å². The Morgan fingerprint density at radius 2 is 1.02 bits per heavy atom. The van der Waals surface area contributed by atoms with Gasteiger partial charge in [-0.15, -0.1) is 0 Å². The Morgan fingerprint density at radius 3 is 1.71 bits per heavy atom. The van der Waals surface area contributed by atoms with Crippen molar-refractivity contribution in [3.63, 3.8) is 0 Å². The van der Waals surface area contributed by atoms with Gasteiger partial charge in [-0.25, -0.2) is 14.8 Å². The van der Waals surface area contributed by atoms with E-state index in [2.05, 4.69) is 154 Å². The second-order valence-electron chi connectivity index (χ2n) is 16.4. The van der Waals surface area contributed by atoms with Crippen LogP contribution in [0.25, 0.3) is 116 Å². The summed E-state index contributed by atoms with van der Waals surface area (Å²) in [5.41, 5.74) is 15.2. The van der Waals surface area contributed by atoms with E-state index in [9.17, 15) is 5.26 Å². The molecule has 0 aliphatic carbocycles. The van der Waals surface area contributed by atoms with E-state index < -0.39 is 0 Å². The van der Waals surface area contributed by atoms with Gasteiger partial charge in [0, 0.05) is 55.0 Å². The molecule has 0 bridgehead atoms. The molecule has 3 heterocycles. The first-order valence-corrected chi connectivity index (χ1v) is 21.8. The molecule has 0 fully saturated rings. The maximum absolute atomic E-state index is 10.3. The van der Waals surface area contributed by atoms with Gasteiger partial charge in [-0.3, -0.25) is 0 Å². The van der Waals surface area contributed by atoms with Crippen LogP contribution >= 0.6 is 0 Å².